The molecule has 1 aliphatic carbocycles. The molecule has 0 radical (unpaired) electrons. The fraction of sp³-hybridized carbons (Fsp3) is 0.571. The zero-order valence-electron chi connectivity index (χ0n) is 16.6. The highest BCUT2D eigenvalue weighted by Gasteiger charge is 2.23. The van der Waals surface area contributed by atoms with Gasteiger partial charge in [0.1, 0.15) is 0 Å². The molecule has 1 aromatic carbocycles. The van der Waals surface area contributed by atoms with Crippen LogP contribution < -0.4 is 5.32 Å². The molecule has 27 heavy (non-hydrogen) atoms. The molecule has 1 saturated carbocycles. The molecular formula is C21H29N3O2S. The van der Waals surface area contributed by atoms with Crippen LogP contribution in [0.25, 0.3) is 11.5 Å². The van der Waals surface area contributed by atoms with E-state index in [-0.39, 0.29) is 11.3 Å². The van der Waals surface area contributed by atoms with Gasteiger partial charge in [-0.1, -0.05) is 64.4 Å². The molecule has 0 saturated heterocycles. The molecule has 0 unspecified atom stereocenters. The van der Waals surface area contributed by atoms with E-state index in [9.17, 15) is 4.79 Å². The number of nitrogens with one attached hydrogen (secondary N) is 1. The van der Waals surface area contributed by atoms with Crippen LogP contribution in [0.15, 0.2) is 33.9 Å². The van der Waals surface area contributed by atoms with Gasteiger partial charge in [-0.15, -0.1) is 10.2 Å². The Hall–Kier alpha value is -1.82. The number of hydrogen-bond donors (Lipinski definition) is 1. The minimum absolute atomic E-state index is 0.0352. The third kappa shape index (κ3) is 5.34. The van der Waals surface area contributed by atoms with Crippen LogP contribution in [0.2, 0.25) is 0 Å². The average molecular weight is 388 g/mol. The molecule has 146 valence electrons. The first kappa shape index (κ1) is 19.9. The molecule has 0 spiro atoms. The van der Waals surface area contributed by atoms with E-state index in [0.717, 1.165) is 12.0 Å². The van der Waals surface area contributed by atoms with E-state index in [1.54, 1.807) is 0 Å². The van der Waals surface area contributed by atoms with Crippen molar-refractivity contribution in [3.63, 3.8) is 0 Å². The van der Waals surface area contributed by atoms with Gasteiger partial charge in [0.25, 0.3) is 5.22 Å². The molecular weight excluding hydrogens is 358 g/mol. The molecule has 1 N–H and O–H groups in total. The Labute approximate surface area is 165 Å². The van der Waals surface area contributed by atoms with Gasteiger partial charge in [0, 0.05) is 11.6 Å². The molecule has 1 fully saturated rings. The Morgan fingerprint density at radius 2 is 1.89 bits per heavy atom. The Balaban J connectivity index is 1.54. The van der Waals surface area contributed by atoms with Crippen LogP contribution >= 0.6 is 11.8 Å². The highest BCUT2D eigenvalue weighted by Crippen LogP contribution is 2.27. The highest BCUT2D eigenvalue weighted by molar-refractivity contribution is 7.99. The van der Waals surface area contributed by atoms with Gasteiger partial charge in [-0.2, -0.15) is 0 Å². The first-order chi connectivity index (χ1) is 12.8. The Bertz CT molecular complexity index is 764. The number of amides is 1. The zero-order valence-corrected chi connectivity index (χ0v) is 17.4. The van der Waals surface area contributed by atoms with E-state index in [4.69, 9.17) is 4.42 Å². The van der Waals surface area contributed by atoms with Crippen molar-refractivity contribution >= 4 is 17.7 Å². The fourth-order valence-electron chi connectivity index (χ4n) is 3.40. The molecule has 1 aromatic heterocycles. The van der Waals surface area contributed by atoms with Crippen molar-refractivity contribution in [3.8, 4) is 11.5 Å². The van der Waals surface area contributed by atoms with Crippen LogP contribution in [0.1, 0.15) is 58.9 Å². The van der Waals surface area contributed by atoms with E-state index >= 15 is 0 Å². The molecule has 1 heterocycles. The van der Waals surface area contributed by atoms with Crippen LogP contribution in [0.5, 0.6) is 0 Å². The van der Waals surface area contributed by atoms with Gasteiger partial charge >= 0.3 is 0 Å². The van der Waals surface area contributed by atoms with Crippen molar-refractivity contribution in [3.05, 3.63) is 29.8 Å². The highest BCUT2D eigenvalue weighted by atomic mass is 32.2. The van der Waals surface area contributed by atoms with Crippen LogP contribution in [-0.4, -0.2) is 27.9 Å². The first-order valence-corrected chi connectivity index (χ1v) is 10.7. The second-order valence-corrected chi connectivity index (χ2v) is 9.35. The van der Waals surface area contributed by atoms with Crippen molar-refractivity contribution in [2.24, 2.45) is 5.92 Å². The number of hydrogen-bond acceptors (Lipinski definition) is 5. The molecule has 0 bridgehead atoms. The van der Waals surface area contributed by atoms with E-state index in [0.29, 0.717) is 28.8 Å². The SMILES string of the molecule is C[C@H]1CCCC[C@H]1NC(=O)CSc1nnc(-c2ccc(C(C)(C)C)cc2)o1. The third-order valence-electron chi connectivity index (χ3n) is 5.19. The lowest BCUT2D eigenvalue weighted by Crippen LogP contribution is -2.41. The fourth-order valence-corrected chi connectivity index (χ4v) is 3.98. The van der Waals surface area contributed by atoms with Crippen LogP contribution in [0.3, 0.4) is 0 Å². The lowest BCUT2D eigenvalue weighted by molar-refractivity contribution is -0.119. The maximum atomic E-state index is 12.2. The summed E-state index contributed by atoms with van der Waals surface area (Å²) < 4.78 is 5.72. The summed E-state index contributed by atoms with van der Waals surface area (Å²) in [7, 11) is 0. The van der Waals surface area contributed by atoms with E-state index in [2.05, 4.69) is 55.3 Å². The standard InChI is InChI=1S/C21H29N3O2S/c1-14-7-5-6-8-17(14)22-18(25)13-27-20-24-23-19(26-20)15-9-11-16(12-10-15)21(2,3)4/h9-12,14,17H,5-8,13H2,1-4H3,(H,22,25)/t14-,17+/m0/s1. The van der Waals surface area contributed by atoms with Gasteiger partial charge in [0.2, 0.25) is 11.8 Å². The maximum Gasteiger partial charge on any atom is 0.277 e. The normalized spacial score (nSPS) is 20.4. The minimum Gasteiger partial charge on any atom is -0.411 e. The van der Waals surface area contributed by atoms with Gasteiger partial charge < -0.3 is 9.73 Å². The smallest absolute Gasteiger partial charge is 0.277 e. The van der Waals surface area contributed by atoms with Crippen LogP contribution in [0, 0.1) is 5.92 Å². The first-order valence-electron chi connectivity index (χ1n) is 9.69. The number of aromatic nitrogens is 2. The summed E-state index contributed by atoms with van der Waals surface area (Å²) in [5.74, 6) is 1.37. The molecule has 2 atom stereocenters. The summed E-state index contributed by atoms with van der Waals surface area (Å²) in [5.41, 5.74) is 2.26. The summed E-state index contributed by atoms with van der Waals surface area (Å²) in [5, 5.41) is 11.8. The minimum atomic E-state index is 0.0352. The zero-order chi connectivity index (χ0) is 19.4. The van der Waals surface area contributed by atoms with Gasteiger partial charge in [-0.3, -0.25) is 4.79 Å². The van der Waals surface area contributed by atoms with E-state index in [1.165, 1.54) is 36.6 Å². The predicted octanol–water partition coefficient (Wildman–Crippen LogP) is 4.82. The molecule has 1 aliphatic rings. The lowest BCUT2D eigenvalue weighted by Gasteiger charge is -2.29. The summed E-state index contributed by atoms with van der Waals surface area (Å²) in [6, 6.07) is 8.47. The second kappa shape index (κ2) is 8.46. The molecule has 0 aliphatic heterocycles. The number of thioether (sulfide) groups is 1. The summed E-state index contributed by atoms with van der Waals surface area (Å²) in [4.78, 5) is 12.2. The van der Waals surface area contributed by atoms with Gasteiger partial charge in [-0.05, 0) is 41.9 Å². The van der Waals surface area contributed by atoms with Crippen molar-refractivity contribution < 1.29 is 9.21 Å². The molecule has 2 aromatic rings. The average Bonchev–Trinajstić information content (AvgIpc) is 3.10. The van der Waals surface area contributed by atoms with Crippen molar-refractivity contribution in [1.82, 2.24) is 15.5 Å². The van der Waals surface area contributed by atoms with Gasteiger partial charge in [0.05, 0.1) is 5.75 Å². The Kier molecular flexibility index (Phi) is 6.25. The largest absolute Gasteiger partial charge is 0.411 e. The number of benzene rings is 1. The molecule has 6 heteroatoms. The summed E-state index contributed by atoms with van der Waals surface area (Å²) in [6.07, 6.45) is 4.74. The third-order valence-corrected chi connectivity index (χ3v) is 6.01. The second-order valence-electron chi connectivity index (χ2n) is 8.42. The predicted molar refractivity (Wildman–Crippen MR) is 109 cm³/mol. The number of carbonyl (C=O) groups is 1. The van der Waals surface area contributed by atoms with Crippen LogP contribution in [-0.2, 0) is 10.2 Å². The van der Waals surface area contributed by atoms with Crippen molar-refractivity contribution in [1.29, 1.82) is 0 Å². The quantitative estimate of drug-likeness (QED) is 0.745. The van der Waals surface area contributed by atoms with Gasteiger partial charge in [-0.25, -0.2) is 0 Å². The topological polar surface area (TPSA) is 68.0 Å². The maximum absolute atomic E-state index is 12.2. The number of carbonyl (C=O) groups excluding carboxylic acids is 1. The number of rotatable bonds is 5. The van der Waals surface area contributed by atoms with E-state index in [1.807, 2.05) is 12.1 Å². The molecule has 1 amide bonds. The summed E-state index contributed by atoms with van der Waals surface area (Å²) >= 11 is 1.29. The molecule has 3 rings (SSSR count). The lowest BCUT2D eigenvalue weighted by atomic mass is 9.86. The Morgan fingerprint density at radius 3 is 2.56 bits per heavy atom. The van der Waals surface area contributed by atoms with Crippen LogP contribution in [0.4, 0.5) is 0 Å². The molecule has 5 nitrogen and oxygen atoms in total. The van der Waals surface area contributed by atoms with E-state index < -0.39 is 0 Å². The monoisotopic (exact) mass is 387 g/mol. The Morgan fingerprint density at radius 1 is 1.19 bits per heavy atom. The van der Waals surface area contributed by atoms with Crippen molar-refractivity contribution in [2.45, 2.75) is 70.1 Å². The number of nitrogens with zero attached hydrogens (tertiary/aromatic N) is 2. The summed E-state index contributed by atoms with van der Waals surface area (Å²) in [6.45, 7) is 8.76. The van der Waals surface area contributed by atoms with Gasteiger partial charge in [0.15, 0.2) is 0 Å². The van der Waals surface area contributed by atoms with Crippen molar-refractivity contribution in [2.75, 3.05) is 5.75 Å².